The number of likely N-dealkylation sites (N-methyl/N-ethyl adjacent to an activating group) is 1. The van der Waals surface area contributed by atoms with E-state index in [1.165, 1.54) is 5.56 Å². The van der Waals surface area contributed by atoms with Crippen LogP contribution in [0.3, 0.4) is 0 Å². The largest absolute Gasteiger partial charge is 0.359 e. The lowest BCUT2D eigenvalue weighted by molar-refractivity contribution is 0.500. The number of hydrogen-bond donors (Lipinski definition) is 1. The Kier molecular flexibility index (Phi) is 5.57. The summed E-state index contributed by atoms with van der Waals surface area (Å²) in [6, 6.07) is 10.4. The molecule has 0 bridgehead atoms. The van der Waals surface area contributed by atoms with E-state index >= 15 is 0 Å². The minimum atomic E-state index is 0.717. The van der Waals surface area contributed by atoms with Gasteiger partial charge in [-0.3, -0.25) is 0 Å². The van der Waals surface area contributed by atoms with Gasteiger partial charge in [0.2, 0.25) is 0 Å². The molecule has 0 aliphatic carbocycles. The van der Waals surface area contributed by atoms with E-state index in [1.807, 2.05) is 18.0 Å². The Morgan fingerprint density at radius 3 is 2.75 bits per heavy atom. The fraction of sp³-hybridized carbons (Fsp3) is 0.308. The minimum Gasteiger partial charge on any atom is -0.359 e. The summed E-state index contributed by atoms with van der Waals surface area (Å²) in [5.74, 6) is 0. The Bertz CT molecular complexity index is 335. The van der Waals surface area contributed by atoms with Crippen LogP contribution in [0.15, 0.2) is 43.0 Å². The van der Waals surface area contributed by atoms with Gasteiger partial charge in [-0.2, -0.15) is 0 Å². The van der Waals surface area contributed by atoms with E-state index in [1.54, 1.807) is 6.08 Å². The first-order valence-corrected chi connectivity index (χ1v) is 5.78. The van der Waals surface area contributed by atoms with Crippen LogP contribution in [0, 0.1) is 0 Å². The van der Waals surface area contributed by atoms with E-state index in [0.717, 1.165) is 18.1 Å². The van der Waals surface area contributed by atoms with Crippen molar-refractivity contribution in [1.82, 2.24) is 10.2 Å². The van der Waals surface area contributed by atoms with Gasteiger partial charge in [0.25, 0.3) is 0 Å². The van der Waals surface area contributed by atoms with Crippen LogP contribution in [-0.2, 0) is 6.42 Å². The van der Waals surface area contributed by atoms with E-state index in [4.69, 9.17) is 12.2 Å². The van der Waals surface area contributed by atoms with Crippen molar-refractivity contribution in [2.24, 2.45) is 0 Å². The fourth-order valence-electron chi connectivity index (χ4n) is 1.34. The average Bonchev–Trinajstić information content (AvgIpc) is 2.34. The molecule has 1 aromatic rings. The first kappa shape index (κ1) is 12.7. The molecule has 0 aliphatic rings. The smallest absolute Gasteiger partial charge is 0.168 e. The lowest BCUT2D eigenvalue weighted by Crippen LogP contribution is -2.38. The van der Waals surface area contributed by atoms with Crippen LogP contribution in [0.5, 0.6) is 0 Å². The summed E-state index contributed by atoms with van der Waals surface area (Å²) in [7, 11) is 2.00. The molecule has 0 aliphatic heterocycles. The zero-order chi connectivity index (χ0) is 11.8. The van der Waals surface area contributed by atoms with Crippen molar-refractivity contribution in [1.29, 1.82) is 0 Å². The van der Waals surface area contributed by atoms with Crippen LogP contribution >= 0.6 is 12.2 Å². The third kappa shape index (κ3) is 4.45. The number of rotatable bonds is 5. The maximum atomic E-state index is 5.22. The van der Waals surface area contributed by atoms with Crippen molar-refractivity contribution in [2.45, 2.75) is 6.42 Å². The molecule has 1 N–H and O–H groups in total. The van der Waals surface area contributed by atoms with Crippen molar-refractivity contribution in [3.05, 3.63) is 48.6 Å². The van der Waals surface area contributed by atoms with Crippen LogP contribution in [0.4, 0.5) is 0 Å². The van der Waals surface area contributed by atoms with Crippen molar-refractivity contribution < 1.29 is 0 Å². The van der Waals surface area contributed by atoms with Gasteiger partial charge in [-0.15, -0.1) is 6.58 Å². The number of hydrogen-bond acceptors (Lipinski definition) is 1. The van der Waals surface area contributed by atoms with Gasteiger partial charge in [0.1, 0.15) is 0 Å². The Hall–Kier alpha value is -1.35. The molecular weight excluding hydrogens is 216 g/mol. The van der Waals surface area contributed by atoms with Crippen molar-refractivity contribution in [3.8, 4) is 0 Å². The maximum absolute atomic E-state index is 5.22. The molecule has 0 unspecified atom stereocenters. The molecule has 0 fully saturated rings. The number of nitrogens with zero attached hydrogens (tertiary/aromatic N) is 1. The highest BCUT2D eigenvalue weighted by molar-refractivity contribution is 7.80. The second-order valence-corrected chi connectivity index (χ2v) is 4.02. The number of nitrogens with one attached hydrogen (secondary N) is 1. The van der Waals surface area contributed by atoms with Crippen molar-refractivity contribution in [2.75, 3.05) is 20.1 Å². The van der Waals surface area contributed by atoms with Crippen LogP contribution in [-0.4, -0.2) is 30.1 Å². The van der Waals surface area contributed by atoms with E-state index in [-0.39, 0.29) is 0 Å². The molecule has 0 atom stereocenters. The summed E-state index contributed by atoms with van der Waals surface area (Å²) in [6.07, 6.45) is 2.81. The Balaban J connectivity index is 2.32. The van der Waals surface area contributed by atoms with Gasteiger partial charge in [-0.1, -0.05) is 36.4 Å². The van der Waals surface area contributed by atoms with Gasteiger partial charge in [-0.25, -0.2) is 0 Å². The molecule has 0 saturated heterocycles. The molecule has 2 nitrogen and oxygen atoms in total. The second kappa shape index (κ2) is 7.01. The Morgan fingerprint density at radius 2 is 2.12 bits per heavy atom. The fourth-order valence-corrected chi connectivity index (χ4v) is 1.51. The summed E-state index contributed by atoms with van der Waals surface area (Å²) in [6.45, 7) is 5.29. The van der Waals surface area contributed by atoms with E-state index < -0.39 is 0 Å². The molecule has 0 spiro atoms. The first-order valence-electron chi connectivity index (χ1n) is 5.38. The van der Waals surface area contributed by atoms with Gasteiger partial charge in [-0.05, 0) is 24.2 Å². The molecule has 16 heavy (non-hydrogen) atoms. The van der Waals surface area contributed by atoms with E-state index in [0.29, 0.717) is 6.54 Å². The lowest BCUT2D eigenvalue weighted by atomic mass is 10.1. The van der Waals surface area contributed by atoms with Crippen LogP contribution in [0.25, 0.3) is 0 Å². The van der Waals surface area contributed by atoms with Gasteiger partial charge in [0.05, 0.1) is 0 Å². The number of thiocarbonyl (C=S) groups is 1. The maximum Gasteiger partial charge on any atom is 0.168 e. The molecule has 0 radical (unpaired) electrons. The zero-order valence-corrected chi connectivity index (χ0v) is 10.5. The highest BCUT2D eigenvalue weighted by Crippen LogP contribution is 2.00. The summed E-state index contributed by atoms with van der Waals surface area (Å²) >= 11 is 5.22. The molecule has 1 rings (SSSR count). The Labute approximate surface area is 103 Å². The molecule has 0 heterocycles. The minimum absolute atomic E-state index is 0.717. The Morgan fingerprint density at radius 1 is 1.44 bits per heavy atom. The molecule has 0 aromatic heterocycles. The molecule has 0 saturated carbocycles. The predicted octanol–water partition coefficient (Wildman–Crippen LogP) is 2.22. The van der Waals surface area contributed by atoms with Crippen LogP contribution < -0.4 is 5.32 Å². The van der Waals surface area contributed by atoms with Gasteiger partial charge in [0, 0.05) is 20.1 Å². The highest BCUT2D eigenvalue weighted by Gasteiger charge is 2.02. The second-order valence-electron chi connectivity index (χ2n) is 3.63. The zero-order valence-electron chi connectivity index (χ0n) is 9.65. The third-order valence-electron chi connectivity index (χ3n) is 2.32. The molecule has 1 aromatic carbocycles. The van der Waals surface area contributed by atoms with Gasteiger partial charge >= 0.3 is 0 Å². The SMILES string of the molecule is C=CCNC(=S)N(C)CCc1ccccc1. The normalized spacial score (nSPS) is 9.56. The number of benzene rings is 1. The summed E-state index contributed by atoms with van der Waals surface area (Å²) < 4.78 is 0. The van der Waals surface area contributed by atoms with E-state index in [2.05, 4.69) is 36.2 Å². The van der Waals surface area contributed by atoms with E-state index in [9.17, 15) is 0 Å². The first-order chi connectivity index (χ1) is 7.74. The molecule has 3 heteroatoms. The van der Waals surface area contributed by atoms with Crippen LogP contribution in [0.2, 0.25) is 0 Å². The predicted molar refractivity (Wildman–Crippen MR) is 73.6 cm³/mol. The lowest BCUT2D eigenvalue weighted by Gasteiger charge is -2.20. The van der Waals surface area contributed by atoms with Gasteiger partial charge in [0.15, 0.2) is 5.11 Å². The van der Waals surface area contributed by atoms with Crippen molar-refractivity contribution >= 4 is 17.3 Å². The van der Waals surface area contributed by atoms with Crippen LogP contribution in [0.1, 0.15) is 5.56 Å². The van der Waals surface area contributed by atoms with Crippen molar-refractivity contribution in [3.63, 3.8) is 0 Å². The summed E-state index contributed by atoms with van der Waals surface area (Å²) in [5.41, 5.74) is 1.33. The monoisotopic (exact) mass is 234 g/mol. The third-order valence-corrected chi connectivity index (χ3v) is 2.78. The molecule has 86 valence electrons. The summed E-state index contributed by atoms with van der Waals surface area (Å²) in [4.78, 5) is 2.05. The summed E-state index contributed by atoms with van der Waals surface area (Å²) in [5, 5.41) is 3.88. The average molecular weight is 234 g/mol. The highest BCUT2D eigenvalue weighted by atomic mass is 32.1. The molecular formula is C13H18N2S. The topological polar surface area (TPSA) is 15.3 Å². The molecule has 0 amide bonds. The standard InChI is InChI=1S/C13H18N2S/c1-3-10-14-13(16)15(2)11-9-12-7-5-4-6-8-12/h3-8H,1,9-11H2,2H3,(H,14,16). The quantitative estimate of drug-likeness (QED) is 0.621. The van der Waals surface area contributed by atoms with Gasteiger partial charge < -0.3 is 10.2 Å².